The van der Waals surface area contributed by atoms with Crippen LogP contribution in [0.2, 0.25) is 0 Å². The molecule has 5 rings (SSSR count). The first-order valence-corrected chi connectivity index (χ1v) is 12.7. The fraction of sp³-hybridized carbons (Fsp3) is 0.357. The minimum atomic E-state index is -0.383. The van der Waals surface area contributed by atoms with Crippen LogP contribution in [-0.4, -0.2) is 41.2 Å². The molecule has 2 aliphatic heterocycles. The number of carbonyl (C=O) groups excluding carboxylic acids is 2. The predicted molar refractivity (Wildman–Crippen MR) is 132 cm³/mol. The van der Waals surface area contributed by atoms with E-state index in [-0.39, 0.29) is 23.8 Å². The summed E-state index contributed by atoms with van der Waals surface area (Å²) in [7, 11) is 0. The molecule has 5 heteroatoms. The normalized spacial score (nSPS) is 22.6. The van der Waals surface area contributed by atoms with Crippen molar-refractivity contribution in [1.29, 1.82) is 0 Å². The Morgan fingerprint density at radius 1 is 1.03 bits per heavy atom. The van der Waals surface area contributed by atoms with Crippen LogP contribution in [0, 0.1) is 5.92 Å². The van der Waals surface area contributed by atoms with Crippen molar-refractivity contribution in [2.24, 2.45) is 5.92 Å². The Labute approximate surface area is 199 Å². The average molecular weight is 459 g/mol. The molecule has 3 heterocycles. The molecular formula is C28H30N2O2S. The standard InChI is InChI=1S/C28H30N2O2S/c1-19(2)17-30-26(24-13-8-16-33-24)25(22-11-6-7-12-23(22)27(30)31)28(32)29-15-14-21(18-29)20-9-4-3-5-10-20/h3-13,16,19,21,25-26H,14-15,17-18H2,1-2H3/t21-,25+,26+/m1/s1. The van der Waals surface area contributed by atoms with Crippen molar-refractivity contribution >= 4 is 23.2 Å². The summed E-state index contributed by atoms with van der Waals surface area (Å²) in [6.07, 6.45) is 0.975. The molecule has 2 aliphatic rings. The Bertz CT molecular complexity index is 1130. The first kappa shape index (κ1) is 21.9. The van der Waals surface area contributed by atoms with Gasteiger partial charge in [0.1, 0.15) is 0 Å². The number of benzene rings is 2. The zero-order chi connectivity index (χ0) is 22.9. The number of nitrogens with zero attached hydrogens (tertiary/aromatic N) is 2. The van der Waals surface area contributed by atoms with Gasteiger partial charge in [0.2, 0.25) is 5.91 Å². The molecule has 3 aromatic rings. The summed E-state index contributed by atoms with van der Waals surface area (Å²) in [6.45, 7) is 6.37. The second-order valence-electron chi connectivity index (χ2n) is 9.56. The van der Waals surface area contributed by atoms with E-state index in [1.165, 1.54) is 5.56 Å². The molecule has 1 fully saturated rings. The Morgan fingerprint density at radius 2 is 1.79 bits per heavy atom. The van der Waals surface area contributed by atoms with E-state index in [1.54, 1.807) is 11.3 Å². The quantitative estimate of drug-likeness (QED) is 0.492. The van der Waals surface area contributed by atoms with Gasteiger partial charge < -0.3 is 9.80 Å². The van der Waals surface area contributed by atoms with Gasteiger partial charge in [0, 0.05) is 36.0 Å². The molecule has 0 aliphatic carbocycles. The Balaban J connectivity index is 1.54. The average Bonchev–Trinajstić information content (AvgIpc) is 3.53. The smallest absolute Gasteiger partial charge is 0.254 e. The second kappa shape index (κ2) is 9.14. The number of rotatable bonds is 5. The fourth-order valence-electron chi connectivity index (χ4n) is 5.38. The monoisotopic (exact) mass is 458 g/mol. The van der Waals surface area contributed by atoms with Gasteiger partial charge >= 0.3 is 0 Å². The minimum Gasteiger partial charge on any atom is -0.341 e. The molecule has 0 spiro atoms. The van der Waals surface area contributed by atoms with Gasteiger partial charge in [0.05, 0.1) is 12.0 Å². The summed E-state index contributed by atoms with van der Waals surface area (Å²) in [5.41, 5.74) is 2.83. The van der Waals surface area contributed by atoms with Gasteiger partial charge in [-0.2, -0.15) is 0 Å². The zero-order valence-electron chi connectivity index (χ0n) is 19.2. The van der Waals surface area contributed by atoms with E-state index in [1.807, 2.05) is 51.6 Å². The number of carbonyl (C=O) groups is 2. The van der Waals surface area contributed by atoms with E-state index in [0.29, 0.717) is 23.9 Å². The predicted octanol–water partition coefficient (Wildman–Crippen LogP) is 5.70. The van der Waals surface area contributed by atoms with E-state index in [4.69, 9.17) is 0 Å². The van der Waals surface area contributed by atoms with Gasteiger partial charge in [0.15, 0.2) is 0 Å². The number of amides is 2. The van der Waals surface area contributed by atoms with Gasteiger partial charge in [-0.05, 0) is 41.0 Å². The molecule has 2 amide bonds. The number of hydrogen-bond acceptors (Lipinski definition) is 3. The van der Waals surface area contributed by atoms with Crippen LogP contribution in [0.4, 0.5) is 0 Å². The van der Waals surface area contributed by atoms with E-state index in [2.05, 4.69) is 44.2 Å². The molecule has 170 valence electrons. The van der Waals surface area contributed by atoms with Crippen LogP contribution in [0.25, 0.3) is 0 Å². The minimum absolute atomic E-state index is 0.0327. The lowest BCUT2D eigenvalue weighted by atomic mass is 9.80. The van der Waals surface area contributed by atoms with Crippen LogP contribution in [0.3, 0.4) is 0 Å². The zero-order valence-corrected chi connectivity index (χ0v) is 20.0. The summed E-state index contributed by atoms with van der Waals surface area (Å²) in [5.74, 6) is 0.464. The van der Waals surface area contributed by atoms with Crippen molar-refractivity contribution in [2.75, 3.05) is 19.6 Å². The van der Waals surface area contributed by atoms with E-state index < -0.39 is 0 Å². The van der Waals surface area contributed by atoms with Crippen LogP contribution in [0.5, 0.6) is 0 Å². The largest absolute Gasteiger partial charge is 0.341 e. The molecule has 4 nitrogen and oxygen atoms in total. The van der Waals surface area contributed by atoms with Gasteiger partial charge in [0.25, 0.3) is 5.91 Å². The maximum absolute atomic E-state index is 14.2. The van der Waals surface area contributed by atoms with Gasteiger partial charge in [-0.1, -0.05) is 68.4 Å². The van der Waals surface area contributed by atoms with Crippen molar-refractivity contribution in [1.82, 2.24) is 9.80 Å². The van der Waals surface area contributed by atoms with Crippen LogP contribution in [0.15, 0.2) is 72.1 Å². The molecule has 3 atom stereocenters. The summed E-state index contributed by atoms with van der Waals surface area (Å²) in [5, 5.41) is 2.04. The summed E-state index contributed by atoms with van der Waals surface area (Å²) < 4.78 is 0. The molecule has 0 N–H and O–H groups in total. The lowest BCUT2D eigenvalue weighted by molar-refractivity contribution is -0.133. The molecule has 33 heavy (non-hydrogen) atoms. The first-order valence-electron chi connectivity index (χ1n) is 11.8. The van der Waals surface area contributed by atoms with Gasteiger partial charge in [-0.3, -0.25) is 9.59 Å². The van der Waals surface area contributed by atoms with E-state index >= 15 is 0 Å². The number of thiophene rings is 1. The lowest BCUT2D eigenvalue weighted by Crippen LogP contribution is -2.48. The lowest BCUT2D eigenvalue weighted by Gasteiger charge is -2.43. The number of hydrogen-bond donors (Lipinski definition) is 0. The van der Waals surface area contributed by atoms with Crippen LogP contribution in [-0.2, 0) is 4.79 Å². The van der Waals surface area contributed by atoms with Crippen molar-refractivity contribution in [3.05, 3.63) is 93.7 Å². The third-order valence-corrected chi connectivity index (χ3v) is 7.82. The van der Waals surface area contributed by atoms with Crippen molar-refractivity contribution < 1.29 is 9.59 Å². The van der Waals surface area contributed by atoms with Crippen molar-refractivity contribution in [2.45, 2.75) is 38.1 Å². The highest BCUT2D eigenvalue weighted by Crippen LogP contribution is 2.46. The molecule has 1 aromatic heterocycles. The molecule has 1 saturated heterocycles. The third kappa shape index (κ3) is 4.10. The maximum Gasteiger partial charge on any atom is 0.254 e. The highest BCUT2D eigenvalue weighted by molar-refractivity contribution is 7.10. The highest BCUT2D eigenvalue weighted by atomic mass is 32.1. The summed E-state index contributed by atoms with van der Waals surface area (Å²) >= 11 is 1.63. The van der Waals surface area contributed by atoms with Crippen molar-refractivity contribution in [3.8, 4) is 0 Å². The molecular weight excluding hydrogens is 428 g/mol. The van der Waals surface area contributed by atoms with E-state index in [9.17, 15) is 9.59 Å². The maximum atomic E-state index is 14.2. The molecule has 0 bridgehead atoms. The van der Waals surface area contributed by atoms with Crippen LogP contribution >= 0.6 is 11.3 Å². The van der Waals surface area contributed by atoms with Gasteiger partial charge in [-0.15, -0.1) is 11.3 Å². The van der Waals surface area contributed by atoms with Crippen molar-refractivity contribution in [3.63, 3.8) is 0 Å². The number of likely N-dealkylation sites (tertiary alicyclic amines) is 1. The Hall–Kier alpha value is -2.92. The topological polar surface area (TPSA) is 40.6 Å². The molecule has 0 radical (unpaired) electrons. The fourth-order valence-corrected chi connectivity index (χ4v) is 6.26. The third-order valence-electron chi connectivity index (χ3n) is 6.87. The first-order chi connectivity index (χ1) is 16.0. The van der Waals surface area contributed by atoms with Crippen LogP contribution in [0.1, 0.15) is 64.5 Å². The summed E-state index contributed by atoms with van der Waals surface area (Å²) in [6, 6.07) is 22.0. The highest BCUT2D eigenvalue weighted by Gasteiger charge is 2.46. The Morgan fingerprint density at radius 3 is 2.52 bits per heavy atom. The van der Waals surface area contributed by atoms with Crippen LogP contribution < -0.4 is 0 Å². The van der Waals surface area contributed by atoms with E-state index in [0.717, 1.165) is 30.0 Å². The second-order valence-corrected chi connectivity index (χ2v) is 10.5. The number of fused-ring (bicyclic) bond motifs is 1. The molecule has 0 unspecified atom stereocenters. The van der Waals surface area contributed by atoms with Gasteiger partial charge in [-0.25, -0.2) is 0 Å². The SMILES string of the molecule is CC(C)CN1C(=O)c2ccccc2[C@H](C(=O)N2CC[C@@H](c3ccccc3)C2)[C@@H]1c1cccs1. The molecule has 0 saturated carbocycles. The molecule has 2 aromatic carbocycles. The summed E-state index contributed by atoms with van der Waals surface area (Å²) in [4.78, 5) is 32.8. The Kier molecular flexibility index (Phi) is 6.07.